The third-order valence-corrected chi connectivity index (χ3v) is 6.62. The van der Waals surface area contributed by atoms with E-state index in [9.17, 15) is 17.6 Å². The standard InChI is InChI=1S/C25H24FNO4S/c26-21-9-15-24(16-10-21)32(29,30)31-23-13-6-20(7-14-23)18-27(22-11-12-22)25(28)17-8-19-4-2-1-3-5-19/h1-7,9-10,13-16,22H,8,11-12,17-18H2. The van der Waals surface area contributed by atoms with Crippen LogP contribution in [-0.2, 0) is 27.9 Å². The van der Waals surface area contributed by atoms with Gasteiger partial charge >= 0.3 is 10.1 Å². The molecule has 1 aliphatic carbocycles. The summed E-state index contributed by atoms with van der Waals surface area (Å²) < 4.78 is 42.9. The number of hydrogen-bond acceptors (Lipinski definition) is 4. The third-order valence-electron chi connectivity index (χ3n) is 5.36. The maximum Gasteiger partial charge on any atom is 0.339 e. The highest BCUT2D eigenvalue weighted by atomic mass is 32.2. The molecule has 0 aromatic heterocycles. The predicted octanol–water partition coefficient (Wildman–Crippen LogP) is 4.72. The molecule has 0 atom stereocenters. The van der Waals surface area contributed by atoms with E-state index in [1.54, 1.807) is 24.3 Å². The zero-order valence-electron chi connectivity index (χ0n) is 17.5. The van der Waals surface area contributed by atoms with Crippen LogP contribution in [0.4, 0.5) is 4.39 Å². The minimum absolute atomic E-state index is 0.119. The number of nitrogens with zero attached hydrogens (tertiary/aromatic N) is 1. The fourth-order valence-corrected chi connectivity index (χ4v) is 4.40. The molecule has 0 heterocycles. The molecule has 7 heteroatoms. The Morgan fingerprint density at radius 3 is 2.19 bits per heavy atom. The molecule has 3 aromatic carbocycles. The van der Waals surface area contributed by atoms with Gasteiger partial charge in [-0.3, -0.25) is 4.79 Å². The molecule has 4 rings (SSSR count). The molecule has 1 saturated carbocycles. The largest absolute Gasteiger partial charge is 0.379 e. The summed E-state index contributed by atoms with van der Waals surface area (Å²) in [6.07, 6.45) is 3.18. The van der Waals surface area contributed by atoms with Crippen molar-refractivity contribution in [2.45, 2.75) is 43.2 Å². The van der Waals surface area contributed by atoms with E-state index in [4.69, 9.17) is 4.18 Å². The summed E-state index contributed by atoms with van der Waals surface area (Å²) in [5.41, 5.74) is 2.04. The molecule has 0 saturated heterocycles. The van der Waals surface area contributed by atoms with Crippen molar-refractivity contribution < 1.29 is 21.8 Å². The summed E-state index contributed by atoms with van der Waals surface area (Å²) in [5.74, 6) is -0.242. The summed E-state index contributed by atoms with van der Waals surface area (Å²) in [4.78, 5) is 14.6. The number of benzene rings is 3. The van der Waals surface area contributed by atoms with E-state index in [1.807, 2.05) is 35.2 Å². The highest BCUT2D eigenvalue weighted by Gasteiger charge is 2.32. The molecular formula is C25H24FNO4S. The molecule has 5 nitrogen and oxygen atoms in total. The van der Waals surface area contributed by atoms with Gasteiger partial charge < -0.3 is 9.08 Å². The SMILES string of the molecule is O=C(CCc1ccccc1)N(Cc1ccc(OS(=O)(=O)c2ccc(F)cc2)cc1)C1CC1. The first-order chi connectivity index (χ1) is 15.4. The molecule has 0 unspecified atom stereocenters. The summed E-state index contributed by atoms with van der Waals surface area (Å²) in [6.45, 7) is 0.475. The van der Waals surface area contributed by atoms with Gasteiger partial charge in [0, 0.05) is 19.0 Å². The van der Waals surface area contributed by atoms with Gasteiger partial charge in [0.25, 0.3) is 0 Å². The maximum absolute atomic E-state index is 13.0. The van der Waals surface area contributed by atoms with Crippen molar-refractivity contribution in [3.8, 4) is 5.75 Å². The summed E-state index contributed by atoms with van der Waals surface area (Å²) in [6, 6.07) is 21.3. The first kappa shape index (κ1) is 22.0. The zero-order valence-corrected chi connectivity index (χ0v) is 18.3. The van der Waals surface area contributed by atoms with Crippen molar-refractivity contribution in [3.05, 3.63) is 95.8 Å². The fraction of sp³-hybridized carbons (Fsp3) is 0.240. The number of rotatable bonds is 9. The van der Waals surface area contributed by atoms with E-state index in [0.717, 1.165) is 48.2 Å². The molecule has 166 valence electrons. The third kappa shape index (κ3) is 5.73. The molecule has 1 amide bonds. The van der Waals surface area contributed by atoms with Crippen molar-refractivity contribution in [1.29, 1.82) is 0 Å². The molecule has 1 fully saturated rings. The van der Waals surface area contributed by atoms with Crippen LogP contribution in [0.15, 0.2) is 83.8 Å². The average Bonchev–Trinajstić information content (AvgIpc) is 3.63. The summed E-state index contributed by atoms with van der Waals surface area (Å²) in [5, 5.41) is 0. The van der Waals surface area contributed by atoms with Crippen LogP contribution in [0.5, 0.6) is 5.75 Å². The van der Waals surface area contributed by atoms with Gasteiger partial charge in [-0.15, -0.1) is 0 Å². The lowest BCUT2D eigenvalue weighted by Gasteiger charge is -2.23. The van der Waals surface area contributed by atoms with Crippen molar-refractivity contribution in [1.82, 2.24) is 4.90 Å². The van der Waals surface area contributed by atoms with Gasteiger partial charge in [-0.1, -0.05) is 42.5 Å². The normalized spacial score (nSPS) is 13.5. The number of aryl methyl sites for hydroxylation is 1. The van der Waals surface area contributed by atoms with Crippen LogP contribution in [0, 0.1) is 5.82 Å². The molecular weight excluding hydrogens is 429 g/mol. The fourth-order valence-electron chi connectivity index (χ4n) is 3.47. The van der Waals surface area contributed by atoms with Crippen LogP contribution < -0.4 is 4.18 Å². The number of amides is 1. The summed E-state index contributed by atoms with van der Waals surface area (Å²) in [7, 11) is -4.05. The second-order valence-corrected chi connectivity index (χ2v) is 9.42. The Bertz CT molecular complexity index is 1160. The molecule has 32 heavy (non-hydrogen) atoms. The number of hydrogen-bond donors (Lipinski definition) is 0. The Labute approximate surface area is 187 Å². The van der Waals surface area contributed by atoms with E-state index in [2.05, 4.69) is 0 Å². The summed E-state index contributed by atoms with van der Waals surface area (Å²) >= 11 is 0. The van der Waals surface area contributed by atoms with Gasteiger partial charge in [-0.05, 0) is 66.8 Å². The van der Waals surface area contributed by atoms with Crippen LogP contribution in [0.25, 0.3) is 0 Å². The minimum Gasteiger partial charge on any atom is -0.379 e. The number of carbonyl (C=O) groups excluding carboxylic acids is 1. The molecule has 3 aromatic rings. The molecule has 0 aliphatic heterocycles. The second-order valence-electron chi connectivity index (χ2n) is 7.87. The van der Waals surface area contributed by atoms with Gasteiger partial charge in [0.2, 0.25) is 5.91 Å². The highest BCUT2D eigenvalue weighted by molar-refractivity contribution is 7.87. The Hall–Kier alpha value is -3.19. The molecule has 1 aliphatic rings. The Kier molecular flexibility index (Phi) is 6.55. The van der Waals surface area contributed by atoms with Gasteiger partial charge in [0.15, 0.2) is 0 Å². The van der Waals surface area contributed by atoms with Crippen molar-refractivity contribution >= 4 is 16.0 Å². The molecule has 0 radical (unpaired) electrons. The monoisotopic (exact) mass is 453 g/mol. The second kappa shape index (κ2) is 9.53. The predicted molar refractivity (Wildman–Crippen MR) is 119 cm³/mol. The topological polar surface area (TPSA) is 63.7 Å². The lowest BCUT2D eigenvalue weighted by Crippen LogP contribution is -2.32. The number of halogens is 1. The average molecular weight is 454 g/mol. The van der Waals surface area contributed by atoms with Crippen LogP contribution in [-0.4, -0.2) is 25.3 Å². The van der Waals surface area contributed by atoms with Gasteiger partial charge in [0.05, 0.1) is 0 Å². The Balaban J connectivity index is 1.38. The zero-order chi connectivity index (χ0) is 22.6. The molecule has 0 N–H and O–H groups in total. The lowest BCUT2D eigenvalue weighted by atomic mass is 10.1. The van der Waals surface area contributed by atoms with Crippen LogP contribution in [0.3, 0.4) is 0 Å². The quantitative estimate of drug-likeness (QED) is 0.440. The Morgan fingerprint density at radius 1 is 0.906 bits per heavy atom. The van der Waals surface area contributed by atoms with E-state index >= 15 is 0 Å². The van der Waals surface area contributed by atoms with Gasteiger partial charge in [-0.25, -0.2) is 4.39 Å². The van der Waals surface area contributed by atoms with Crippen molar-refractivity contribution in [3.63, 3.8) is 0 Å². The van der Waals surface area contributed by atoms with Crippen LogP contribution in [0.2, 0.25) is 0 Å². The first-order valence-electron chi connectivity index (χ1n) is 10.5. The smallest absolute Gasteiger partial charge is 0.339 e. The van der Waals surface area contributed by atoms with Crippen LogP contribution >= 0.6 is 0 Å². The Morgan fingerprint density at radius 2 is 1.56 bits per heavy atom. The number of carbonyl (C=O) groups is 1. The highest BCUT2D eigenvalue weighted by Crippen LogP contribution is 2.30. The van der Waals surface area contributed by atoms with Crippen LogP contribution in [0.1, 0.15) is 30.4 Å². The van der Waals surface area contributed by atoms with Crippen molar-refractivity contribution in [2.75, 3.05) is 0 Å². The van der Waals surface area contributed by atoms with E-state index in [1.165, 1.54) is 0 Å². The first-order valence-corrected chi connectivity index (χ1v) is 11.9. The maximum atomic E-state index is 13.0. The molecule has 0 spiro atoms. The van der Waals surface area contributed by atoms with Gasteiger partial charge in [-0.2, -0.15) is 8.42 Å². The van der Waals surface area contributed by atoms with E-state index in [0.29, 0.717) is 19.4 Å². The van der Waals surface area contributed by atoms with Gasteiger partial charge in [0.1, 0.15) is 16.5 Å². The van der Waals surface area contributed by atoms with E-state index in [-0.39, 0.29) is 22.6 Å². The minimum atomic E-state index is -4.05. The van der Waals surface area contributed by atoms with Crippen molar-refractivity contribution in [2.24, 2.45) is 0 Å². The van der Waals surface area contributed by atoms with E-state index < -0.39 is 15.9 Å². The molecule has 0 bridgehead atoms. The lowest BCUT2D eigenvalue weighted by molar-refractivity contribution is -0.132.